The van der Waals surface area contributed by atoms with Crippen LogP contribution in [0.1, 0.15) is 6.92 Å². The molecule has 0 saturated carbocycles. The third kappa shape index (κ3) is 1.84. The van der Waals surface area contributed by atoms with Crippen LogP contribution < -0.4 is 4.90 Å². The summed E-state index contributed by atoms with van der Waals surface area (Å²) in [7, 11) is 0. The van der Waals surface area contributed by atoms with E-state index in [2.05, 4.69) is 20.9 Å². The Morgan fingerprint density at radius 3 is 2.69 bits per heavy atom. The van der Waals surface area contributed by atoms with Gasteiger partial charge < -0.3 is 10.0 Å². The van der Waals surface area contributed by atoms with Crippen LogP contribution in [0.4, 0.5) is 5.82 Å². The Hall–Kier alpha value is -0.610. The number of pyridine rings is 1. The van der Waals surface area contributed by atoms with E-state index in [4.69, 9.17) is 0 Å². The first-order valence-electron chi connectivity index (χ1n) is 4.16. The van der Waals surface area contributed by atoms with E-state index in [1.807, 2.05) is 24.0 Å². The van der Waals surface area contributed by atoms with Crippen molar-refractivity contribution in [2.45, 2.75) is 12.5 Å². The van der Waals surface area contributed by atoms with E-state index >= 15 is 0 Å². The summed E-state index contributed by atoms with van der Waals surface area (Å²) in [6.45, 7) is 3.17. The Morgan fingerprint density at radius 2 is 2.23 bits per heavy atom. The summed E-state index contributed by atoms with van der Waals surface area (Å²) in [5, 5.41) is 9.52. The smallest absolute Gasteiger partial charge is 0.128 e. The molecular weight excluding hydrogens is 232 g/mol. The van der Waals surface area contributed by atoms with Gasteiger partial charge in [-0.1, -0.05) is 0 Å². The van der Waals surface area contributed by atoms with Crippen molar-refractivity contribution in [2.24, 2.45) is 0 Å². The zero-order valence-corrected chi connectivity index (χ0v) is 8.95. The van der Waals surface area contributed by atoms with Gasteiger partial charge in [-0.3, -0.25) is 0 Å². The molecule has 0 radical (unpaired) electrons. The van der Waals surface area contributed by atoms with Gasteiger partial charge in [0.15, 0.2) is 0 Å². The topological polar surface area (TPSA) is 36.4 Å². The van der Waals surface area contributed by atoms with Gasteiger partial charge in [-0.2, -0.15) is 0 Å². The fraction of sp³-hybridized carbons (Fsp3) is 0.444. The second kappa shape index (κ2) is 2.96. The van der Waals surface area contributed by atoms with Crippen molar-refractivity contribution in [1.29, 1.82) is 0 Å². The average molecular weight is 243 g/mol. The molecule has 1 fully saturated rings. The predicted octanol–water partition coefficient (Wildman–Crippen LogP) is 1.42. The number of hydrogen-bond acceptors (Lipinski definition) is 3. The van der Waals surface area contributed by atoms with Gasteiger partial charge in [0.2, 0.25) is 0 Å². The number of aliphatic hydroxyl groups is 1. The number of anilines is 1. The number of β-amino-alcohol motifs (C(OH)–C–C–N with tert-alkyl or cyclic N) is 1. The standard InChI is InChI=1S/C9H11BrN2O/c1-9(13)5-12(6-9)8-3-2-7(10)4-11-8/h2-4,13H,5-6H2,1H3. The van der Waals surface area contributed by atoms with Crippen molar-refractivity contribution in [3.8, 4) is 0 Å². The fourth-order valence-corrected chi connectivity index (χ4v) is 1.73. The van der Waals surface area contributed by atoms with Gasteiger partial charge in [0.25, 0.3) is 0 Å². The number of aromatic nitrogens is 1. The lowest BCUT2D eigenvalue weighted by Gasteiger charge is -2.44. The minimum absolute atomic E-state index is 0.533. The minimum atomic E-state index is -0.533. The Kier molecular flexibility index (Phi) is 2.04. The first kappa shape index (κ1) is 8.97. The number of hydrogen-bond donors (Lipinski definition) is 1. The van der Waals surface area contributed by atoms with Gasteiger partial charge in [0, 0.05) is 23.8 Å². The molecule has 4 heteroatoms. The molecule has 1 N–H and O–H groups in total. The predicted molar refractivity (Wildman–Crippen MR) is 54.8 cm³/mol. The van der Waals surface area contributed by atoms with Crippen LogP contribution in [0.5, 0.6) is 0 Å². The van der Waals surface area contributed by atoms with Crippen molar-refractivity contribution in [3.63, 3.8) is 0 Å². The lowest BCUT2D eigenvalue weighted by Crippen LogP contribution is -2.60. The van der Waals surface area contributed by atoms with Crippen LogP contribution >= 0.6 is 15.9 Å². The molecule has 1 aromatic heterocycles. The Morgan fingerprint density at radius 1 is 1.54 bits per heavy atom. The summed E-state index contributed by atoms with van der Waals surface area (Å²) in [6.07, 6.45) is 1.77. The zero-order valence-electron chi connectivity index (χ0n) is 7.37. The van der Waals surface area contributed by atoms with Gasteiger partial charge in [0.1, 0.15) is 5.82 Å². The number of halogens is 1. The SMILES string of the molecule is CC1(O)CN(c2ccc(Br)cn2)C1. The minimum Gasteiger partial charge on any atom is -0.386 e. The van der Waals surface area contributed by atoms with E-state index in [1.54, 1.807) is 6.20 Å². The van der Waals surface area contributed by atoms with Crippen molar-refractivity contribution in [1.82, 2.24) is 4.98 Å². The van der Waals surface area contributed by atoms with Gasteiger partial charge in [0.05, 0.1) is 5.60 Å². The first-order chi connectivity index (χ1) is 6.07. The van der Waals surface area contributed by atoms with Crippen LogP contribution in [0.15, 0.2) is 22.8 Å². The molecule has 0 aromatic carbocycles. The number of rotatable bonds is 1. The van der Waals surface area contributed by atoms with Crippen molar-refractivity contribution >= 4 is 21.7 Å². The molecule has 70 valence electrons. The monoisotopic (exact) mass is 242 g/mol. The molecule has 0 bridgehead atoms. The fourth-order valence-electron chi connectivity index (χ4n) is 1.49. The summed E-state index contributed by atoms with van der Waals surface area (Å²) < 4.78 is 0.975. The molecule has 1 aliphatic heterocycles. The highest BCUT2D eigenvalue weighted by Gasteiger charge is 2.36. The first-order valence-corrected chi connectivity index (χ1v) is 4.95. The largest absolute Gasteiger partial charge is 0.386 e. The Balaban J connectivity index is 2.08. The van der Waals surface area contributed by atoms with Gasteiger partial charge in [-0.05, 0) is 35.0 Å². The quantitative estimate of drug-likeness (QED) is 0.810. The molecule has 0 amide bonds. The molecule has 0 atom stereocenters. The molecule has 13 heavy (non-hydrogen) atoms. The van der Waals surface area contributed by atoms with E-state index in [1.165, 1.54) is 0 Å². The highest BCUT2D eigenvalue weighted by Crippen LogP contribution is 2.25. The molecule has 0 aliphatic carbocycles. The Bertz CT molecular complexity index is 302. The van der Waals surface area contributed by atoms with Crippen molar-refractivity contribution in [3.05, 3.63) is 22.8 Å². The van der Waals surface area contributed by atoms with Gasteiger partial charge >= 0.3 is 0 Å². The maximum absolute atomic E-state index is 9.52. The second-order valence-electron chi connectivity index (χ2n) is 3.69. The van der Waals surface area contributed by atoms with Crippen LogP contribution in [0.2, 0.25) is 0 Å². The molecule has 2 heterocycles. The number of nitrogens with zero attached hydrogens (tertiary/aromatic N) is 2. The average Bonchev–Trinajstić information content (AvgIpc) is 2.01. The van der Waals surface area contributed by atoms with Crippen LogP contribution in [-0.2, 0) is 0 Å². The summed E-state index contributed by atoms with van der Waals surface area (Å²) in [4.78, 5) is 6.28. The highest BCUT2D eigenvalue weighted by atomic mass is 79.9. The van der Waals surface area contributed by atoms with E-state index in [0.717, 1.165) is 10.3 Å². The zero-order chi connectivity index (χ0) is 9.47. The van der Waals surface area contributed by atoms with E-state index in [0.29, 0.717) is 13.1 Å². The molecule has 1 saturated heterocycles. The summed E-state index contributed by atoms with van der Waals surface area (Å²) in [6, 6.07) is 3.90. The van der Waals surface area contributed by atoms with Crippen LogP contribution in [-0.4, -0.2) is 28.8 Å². The molecular formula is C9H11BrN2O. The molecule has 1 aliphatic rings. The summed E-state index contributed by atoms with van der Waals surface area (Å²) in [5.74, 6) is 0.926. The highest BCUT2D eigenvalue weighted by molar-refractivity contribution is 9.10. The van der Waals surface area contributed by atoms with E-state index in [-0.39, 0.29) is 0 Å². The maximum Gasteiger partial charge on any atom is 0.128 e. The van der Waals surface area contributed by atoms with E-state index < -0.39 is 5.60 Å². The summed E-state index contributed by atoms with van der Waals surface area (Å²) >= 11 is 3.33. The maximum atomic E-state index is 9.52. The second-order valence-corrected chi connectivity index (χ2v) is 4.60. The molecule has 3 nitrogen and oxygen atoms in total. The van der Waals surface area contributed by atoms with Crippen molar-refractivity contribution < 1.29 is 5.11 Å². The van der Waals surface area contributed by atoms with Gasteiger partial charge in [-0.15, -0.1) is 0 Å². The lowest BCUT2D eigenvalue weighted by molar-refractivity contribution is 0.0305. The van der Waals surface area contributed by atoms with Crippen LogP contribution in [0.3, 0.4) is 0 Å². The molecule has 0 unspecified atom stereocenters. The van der Waals surface area contributed by atoms with Crippen molar-refractivity contribution in [2.75, 3.05) is 18.0 Å². The summed E-state index contributed by atoms with van der Waals surface area (Å²) in [5.41, 5.74) is -0.533. The Labute approximate surface area is 85.5 Å². The normalized spacial score (nSPS) is 19.8. The molecule has 0 spiro atoms. The third-order valence-electron chi connectivity index (χ3n) is 2.10. The van der Waals surface area contributed by atoms with Crippen LogP contribution in [0, 0.1) is 0 Å². The molecule has 2 rings (SSSR count). The van der Waals surface area contributed by atoms with E-state index in [9.17, 15) is 5.11 Å². The molecule has 1 aromatic rings. The lowest BCUT2D eigenvalue weighted by atomic mass is 9.97. The van der Waals surface area contributed by atoms with Gasteiger partial charge in [-0.25, -0.2) is 4.98 Å². The third-order valence-corrected chi connectivity index (χ3v) is 2.57. The van der Waals surface area contributed by atoms with Crippen LogP contribution in [0.25, 0.3) is 0 Å².